The van der Waals surface area contributed by atoms with Crippen LogP contribution in [0.2, 0.25) is 0 Å². The second-order valence-corrected chi connectivity index (χ2v) is 8.19. The first kappa shape index (κ1) is 14.5. The van der Waals surface area contributed by atoms with Crippen LogP contribution in [0.4, 0.5) is 0 Å². The number of carbonyl (C=O) groups is 1. The minimum atomic E-state index is 0.219. The van der Waals surface area contributed by atoms with Crippen molar-refractivity contribution in [2.45, 2.75) is 32.2 Å². The van der Waals surface area contributed by atoms with Crippen LogP contribution in [0.5, 0.6) is 0 Å². The Kier molecular flexibility index (Phi) is 2.75. The van der Waals surface area contributed by atoms with Gasteiger partial charge in [-0.15, -0.1) is 0 Å². The van der Waals surface area contributed by atoms with E-state index in [2.05, 4.69) is 47.3 Å². The molecule has 3 aromatic rings. The maximum Gasteiger partial charge on any atom is 0.159 e. The fourth-order valence-electron chi connectivity index (χ4n) is 5.48. The van der Waals surface area contributed by atoms with Gasteiger partial charge in [0.15, 0.2) is 5.78 Å². The number of ketones is 1. The lowest BCUT2D eigenvalue weighted by Gasteiger charge is -2.28. The molecule has 1 fully saturated rings. The Morgan fingerprint density at radius 1 is 1.15 bits per heavy atom. The van der Waals surface area contributed by atoms with Crippen molar-refractivity contribution in [2.24, 2.45) is 11.3 Å². The number of carbonyl (C=O) groups excluding carboxylic acids is 1. The summed E-state index contributed by atoms with van der Waals surface area (Å²) in [7, 11) is 0. The van der Waals surface area contributed by atoms with Gasteiger partial charge in [0, 0.05) is 22.9 Å². The fraction of sp³-hybridized carbons (Fsp3) is 0.304. The van der Waals surface area contributed by atoms with Crippen molar-refractivity contribution < 1.29 is 4.79 Å². The summed E-state index contributed by atoms with van der Waals surface area (Å²) >= 11 is 0. The maximum absolute atomic E-state index is 12.4. The first-order chi connectivity index (χ1) is 12.7. The van der Waals surface area contributed by atoms with E-state index in [-0.39, 0.29) is 11.3 Å². The quantitative estimate of drug-likeness (QED) is 0.693. The van der Waals surface area contributed by atoms with Crippen molar-refractivity contribution >= 4 is 22.3 Å². The van der Waals surface area contributed by atoms with Gasteiger partial charge in [-0.2, -0.15) is 5.10 Å². The summed E-state index contributed by atoms with van der Waals surface area (Å²) in [5, 5.41) is 6.07. The Labute approximate surface area is 152 Å². The lowest BCUT2D eigenvalue weighted by molar-refractivity contribution is -0.118. The van der Waals surface area contributed by atoms with Crippen molar-refractivity contribution in [3.05, 3.63) is 71.4 Å². The third-order valence-corrected chi connectivity index (χ3v) is 6.71. The molecule has 2 aromatic carbocycles. The Bertz CT molecular complexity index is 1090. The van der Waals surface area contributed by atoms with Crippen LogP contribution in [0.1, 0.15) is 36.0 Å². The van der Waals surface area contributed by atoms with Crippen LogP contribution in [0, 0.1) is 11.3 Å². The first-order valence-corrected chi connectivity index (χ1v) is 9.51. The SMILES string of the molecule is O=C1C=C2c3ccc4nn(Cc5ccccc5)cc4c3C[C@@]23CC[C@@H]1C3. The zero-order chi connectivity index (χ0) is 17.3. The van der Waals surface area contributed by atoms with E-state index < -0.39 is 0 Å². The molecule has 0 unspecified atom stereocenters. The molecule has 3 aliphatic rings. The van der Waals surface area contributed by atoms with E-state index >= 15 is 0 Å². The Morgan fingerprint density at radius 2 is 2.04 bits per heavy atom. The number of fused-ring (bicyclic) bond motifs is 5. The molecular weight excluding hydrogens is 320 g/mol. The van der Waals surface area contributed by atoms with Gasteiger partial charge in [0.2, 0.25) is 0 Å². The molecule has 1 saturated carbocycles. The third kappa shape index (κ3) is 1.89. The van der Waals surface area contributed by atoms with Crippen LogP contribution in [0.15, 0.2) is 54.7 Å². The molecule has 0 saturated heterocycles. The van der Waals surface area contributed by atoms with Crippen LogP contribution in [-0.2, 0) is 17.8 Å². The highest BCUT2D eigenvalue weighted by atomic mass is 16.1. The summed E-state index contributed by atoms with van der Waals surface area (Å²) in [5.74, 6) is 0.616. The van der Waals surface area contributed by atoms with Crippen molar-refractivity contribution in [2.75, 3.05) is 0 Å². The third-order valence-electron chi connectivity index (χ3n) is 6.71. The lowest BCUT2D eigenvalue weighted by atomic mass is 9.74. The molecule has 2 bridgehead atoms. The summed E-state index contributed by atoms with van der Waals surface area (Å²) < 4.78 is 2.05. The van der Waals surface area contributed by atoms with Gasteiger partial charge in [0.05, 0.1) is 12.1 Å². The Balaban J connectivity index is 1.47. The molecule has 0 N–H and O–H groups in total. The highest BCUT2D eigenvalue weighted by molar-refractivity contribution is 6.05. The van der Waals surface area contributed by atoms with Crippen molar-refractivity contribution in [3.8, 4) is 0 Å². The monoisotopic (exact) mass is 340 g/mol. The molecule has 0 aliphatic heterocycles. The number of nitrogens with zero attached hydrogens (tertiary/aromatic N) is 2. The number of rotatable bonds is 2. The molecule has 0 amide bonds. The smallest absolute Gasteiger partial charge is 0.159 e. The molecule has 6 rings (SSSR count). The summed E-state index contributed by atoms with van der Waals surface area (Å²) in [6.07, 6.45) is 8.50. The predicted molar refractivity (Wildman–Crippen MR) is 102 cm³/mol. The molecular formula is C23H20N2O. The van der Waals surface area contributed by atoms with Gasteiger partial charge in [-0.3, -0.25) is 9.48 Å². The largest absolute Gasteiger partial charge is 0.295 e. The second-order valence-electron chi connectivity index (χ2n) is 8.19. The molecule has 26 heavy (non-hydrogen) atoms. The minimum absolute atomic E-state index is 0.219. The summed E-state index contributed by atoms with van der Waals surface area (Å²) in [6, 6.07) is 14.8. The van der Waals surface area contributed by atoms with E-state index in [1.807, 2.05) is 12.1 Å². The Morgan fingerprint density at radius 3 is 2.92 bits per heavy atom. The first-order valence-electron chi connectivity index (χ1n) is 9.51. The van der Waals surface area contributed by atoms with Gasteiger partial charge in [-0.1, -0.05) is 36.4 Å². The van der Waals surface area contributed by atoms with Gasteiger partial charge in [-0.25, -0.2) is 0 Å². The summed E-state index contributed by atoms with van der Waals surface area (Å²) in [5.41, 5.74) is 6.56. The van der Waals surface area contributed by atoms with Gasteiger partial charge < -0.3 is 0 Å². The van der Waals surface area contributed by atoms with E-state index in [9.17, 15) is 4.79 Å². The molecule has 2 atom stereocenters. The van der Waals surface area contributed by atoms with Gasteiger partial charge in [0.1, 0.15) is 0 Å². The van der Waals surface area contributed by atoms with E-state index in [0.29, 0.717) is 5.78 Å². The molecule has 1 spiro atoms. The van der Waals surface area contributed by atoms with Gasteiger partial charge in [0.25, 0.3) is 0 Å². The van der Waals surface area contributed by atoms with E-state index in [0.717, 1.165) is 37.7 Å². The Hall–Kier alpha value is -2.68. The zero-order valence-corrected chi connectivity index (χ0v) is 14.6. The number of benzene rings is 2. The molecule has 0 radical (unpaired) electrons. The highest BCUT2D eigenvalue weighted by Crippen LogP contribution is 2.61. The molecule has 1 heterocycles. The van der Waals surface area contributed by atoms with E-state index in [1.54, 1.807) is 0 Å². The predicted octanol–water partition coefficient (Wildman–Crippen LogP) is 4.39. The average molecular weight is 340 g/mol. The fourth-order valence-corrected chi connectivity index (χ4v) is 5.48. The van der Waals surface area contributed by atoms with E-state index in [1.165, 1.54) is 27.6 Å². The van der Waals surface area contributed by atoms with Crippen molar-refractivity contribution in [1.82, 2.24) is 9.78 Å². The number of allylic oxidation sites excluding steroid dienone is 2. The van der Waals surface area contributed by atoms with Crippen molar-refractivity contribution in [1.29, 1.82) is 0 Å². The van der Waals surface area contributed by atoms with Gasteiger partial charge >= 0.3 is 0 Å². The maximum atomic E-state index is 12.4. The topological polar surface area (TPSA) is 34.9 Å². The van der Waals surface area contributed by atoms with Crippen LogP contribution >= 0.6 is 0 Å². The zero-order valence-electron chi connectivity index (χ0n) is 14.6. The normalized spacial score (nSPS) is 26.1. The highest BCUT2D eigenvalue weighted by Gasteiger charge is 2.51. The molecule has 128 valence electrons. The molecule has 3 aliphatic carbocycles. The standard InChI is InChI=1S/C23H20N2O/c26-22-10-20-17-6-7-21-19(18(17)12-23(20)9-8-16(22)11-23)14-25(24-21)13-15-4-2-1-3-5-15/h1-7,10,14,16H,8-9,11-13H2/t16-,23+/m1/s1. The number of hydrogen-bond acceptors (Lipinski definition) is 2. The lowest BCUT2D eigenvalue weighted by Crippen LogP contribution is -2.23. The van der Waals surface area contributed by atoms with Crippen molar-refractivity contribution in [3.63, 3.8) is 0 Å². The van der Waals surface area contributed by atoms with Crippen LogP contribution in [0.25, 0.3) is 16.5 Å². The molecule has 3 nitrogen and oxygen atoms in total. The summed E-state index contributed by atoms with van der Waals surface area (Å²) in [4.78, 5) is 12.4. The second kappa shape index (κ2) is 4.94. The van der Waals surface area contributed by atoms with Gasteiger partial charge in [-0.05, 0) is 60.1 Å². The average Bonchev–Trinajstić information content (AvgIpc) is 3.31. The molecule has 3 heteroatoms. The molecule has 1 aromatic heterocycles. The number of aromatic nitrogens is 2. The number of hydrogen-bond donors (Lipinski definition) is 0. The van der Waals surface area contributed by atoms with Crippen LogP contribution in [0.3, 0.4) is 0 Å². The van der Waals surface area contributed by atoms with Crippen LogP contribution < -0.4 is 0 Å². The van der Waals surface area contributed by atoms with Crippen LogP contribution in [-0.4, -0.2) is 15.6 Å². The minimum Gasteiger partial charge on any atom is -0.295 e. The summed E-state index contributed by atoms with van der Waals surface area (Å²) in [6.45, 7) is 0.790. The van der Waals surface area contributed by atoms with E-state index in [4.69, 9.17) is 5.10 Å².